The van der Waals surface area contributed by atoms with Gasteiger partial charge in [-0.3, -0.25) is 19.2 Å². The number of nitrogens with two attached hydrogens (primary N) is 2. The number of carboxylic acid groups (broad SMARTS) is 1. The van der Waals surface area contributed by atoms with E-state index in [-0.39, 0.29) is 12.8 Å². The number of carbonyl (C=O) groups excluding carboxylic acids is 4. The van der Waals surface area contributed by atoms with Crippen molar-refractivity contribution in [3.63, 3.8) is 0 Å². The largest absolute Gasteiger partial charge is 0.480 e. The van der Waals surface area contributed by atoms with Crippen molar-refractivity contribution >= 4 is 40.5 Å². The second-order valence-electron chi connectivity index (χ2n) is 9.22. The van der Waals surface area contributed by atoms with Crippen LogP contribution in [0.25, 0.3) is 10.9 Å². The van der Waals surface area contributed by atoms with Crippen LogP contribution in [0.2, 0.25) is 0 Å². The number of H-pyrrole nitrogens is 1. The number of para-hydroxylation sites is 1. The van der Waals surface area contributed by atoms with Crippen LogP contribution in [-0.2, 0) is 36.8 Å². The monoisotopic (exact) mass is 536 g/mol. The number of hydrogen-bond donors (Lipinski definition) is 7. The Bertz CT molecular complexity index is 1340. The molecule has 4 atom stereocenters. The molecule has 0 aliphatic rings. The average Bonchev–Trinajstić information content (AvgIpc) is 3.30. The van der Waals surface area contributed by atoms with Crippen molar-refractivity contribution < 1.29 is 29.1 Å². The van der Waals surface area contributed by atoms with Crippen LogP contribution in [0.15, 0.2) is 60.8 Å². The van der Waals surface area contributed by atoms with Gasteiger partial charge >= 0.3 is 5.97 Å². The second kappa shape index (κ2) is 13.2. The van der Waals surface area contributed by atoms with Crippen LogP contribution in [0.1, 0.15) is 24.5 Å². The van der Waals surface area contributed by atoms with Crippen LogP contribution in [0.3, 0.4) is 0 Å². The highest BCUT2D eigenvalue weighted by Crippen LogP contribution is 2.18. The van der Waals surface area contributed by atoms with Gasteiger partial charge in [-0.25, -0.2) is 4.79 Å². The van der Waals surface area contributed by atoms with Crippen molar-refractivity contribution in [1.29, 1.82) is 0 Å². The lowest BCUT2D eigenvalue weighted by Gasteiger charge is -2.23. The van der Waals surface area contributed by atoms with E-state index in [9.17, 15) is 29.1 Å². The summed E-state index contributed by atoms with van der Waals surface area (Å²) in [5.74, 6) is -4.45. The minimum Gasteiger partial charge on any atom is -0.480 e. The van der Waals surface area contributed by atoms with Crippen LogP contribution < -0.4 is 27.4 Å². The molecule has 0 aliphatic heterocycles. The number of aromatic nitrogens is 1. The predicted octanol–water partition coefficient (Wildman–Crippen LogP) is -0.285. The first-order chi connectivity index (χ1) is 18.5. The van der Waals surface area contributed by atoms with Crippen LogP contribution in [-0.4, -0.2) is 63.9 Å². The quantitative estimate of drug-likeness (QED) is 0.155. The summed E-state index contributed by atoms with van der Waals surface area (Å²) >= 11 is 0. The normalized spacial score (nSPS) is 14.0. The van der Waals surface area contributed by atoms with Crippen LogP contribution in [0, 0.1) is 0 Å². The zero-order valence-electron chi connectivity index (χ0n) is 21.3. The summed E-state index contributed by atoms with van der Waals surface area (Å²) < 4.78 is 0. The number of fused-ring (bicyclic) bond motifs is 1. The van der Waals surface area contributed by atoms with E-state index in [1.54, 1.807) is 36.5 Å². The van der Waals surface area contributed by atoms with Gasteiger partial charge in [-0.15, -0.1) is 0 Å². The van der Waals surface area contributed by atoms with Gasteiger partial charge in [-0.1, -0.05) is 48.5 Å². The number of nitrogens with one attached hydrogen (secondary N) is 4. The third-order valence-corrected chi connectivity index (χ3v) is 6.14. The molecule has 3 aromatic rings. The number of carbonyl (C=O) groups is 5. The summed E-state index contributed by atoms with van der Waals surface area (Å²) in [5, 5.41) is 17.7. The molecule has 0 spiro atoms. The van der Waals surface area contributed by atoms with Gasteiger partial charge in [0.15, 0.2) is 0 Å². The molecule has 4 amide bonds. The summed E-state index contributed by atoms with van der Waals surface area (Å²) in [6, 6.07) is 11.4. The Morgan fingerprint density at radius 1 is 0.846 bits per heavy atom. The van der Waals surface area contributed by atoms with E-state index in [2.05, 4.69) is 20.9 Å². The van der Waals surface area contributed by atoms with Gasteiger partial charge in [0.05, 0.1) is 12.5 Å². The Labute approximate surface area is 224 Å². The number of rotatable bonds is 13. The van der Waals surface area contributed by atoms with Gasteiger partial charge in [0, 0.05) is 23.5 Å². The Morgan fingerprint density at radius 2 is 1.49 bits per heavy atom. The second-order valence-corrected chi connectivity index (χ2v) is 9.22. The molecule has 0 bridgehead atoms. The number of hydrogen-bond acceptors (Lipinski definition) is 6. The number of amides is 4. The van der Waals surface area contributed by atoms with Crippen molar-refractivity contribution in [2.75, 3.05) is 0 Å². The third-order valence-electron chi connectivity index (χ3n) is 6.14. The molecule has 9 N–H and O–H groups in total. The standard InChI is InChI=1S/C27H32N6O6/c1-15(31-25(36)19(28)12-17-14-30-20-10-6-5-9-18(17)20)24(35)32-21(13-23(29)34)26(37)33-22(27(38)39)11-16-7-3-2-4-8-16/h2-10,14-15,19,21-22,30H,11-13,28H2,1H3,(H2,29,34)(H,31,36)(H,32,35)(H,33,37)(H,38,39). The van der Waals surface area contributed by atoms with Crippen molar-refractivity contribution in [2.45, 2.75) is 50.4 Å². The first-order valence-electron chi connectivity index (χ1n) is 12.3. The summed E-state index contributed by atoms with van der Waals surface area (Å²) in [6.45, 7) is 1.39. The van der Waals surface area contributed by atoms with E-state index in [0.29, 0.717) is 5.56 Å². The highest BCUT2D eigenvalue weighted by Gasteiger charge is 2.30. The molecule has 12 nitrogen and oxygen atoms in total. The highest BCUT2D eigenvalue weighted by atomic mass is 16.4. The maximum Gasteiger partial charge on any atom is 0.326 e. The average molecular weight is 537 g/mol. The first-order valence-corrected chi connectivity index (χ1v) is 12.3. The Balaban J connectivity index is 1.60. The van der Waals surface area contributed by atoms with Gasteiger partial charge in [-0.05, 0) is 30.5 Å². The van der Waals surface area contributed by atoms with Gasteiger partial charge in [-0.2, -0.15) is 0 Å². The van der Waals surface area contributed by atoms with Gasteiger partial charge in [0.25, 0.3) is 0 Å². The lowest BCUT2D eigenvalue weighted by atomic mass is 10.0. The lowest BCUT2D eigenvalue weighted by Crippen LogP contribution is -2.57. The van der Waals surface area contributed by atoms with E-state index < -0.39 is 60.2 Å². The number of aliphatic carboxylic acids is 1. The fraction of sp³-hybridized carbons (Fsp3) is 0.296. The van der Waals surface area contributed by atoms with E-state index >= 15 is 0 Å². The minimum absolute atomic E-state index is 0.0140. The molecule has 1 heterocycles. The van der Waals surface area contributed by atoms with Crippen molar-refractivity contribution in [1.82, 2.24) is 20.9 Å². The number of primary amides is 1. The zero-order valence-corrected chi connectivity index (χ0v) is 21.3. The molecule has 206 valence electrons. The molecule has 3 rings (SSSR count). The molecular weight excluding hydrogens is 504 g/mol. The molecule has 0 fully saturated rings. The van der Waals surface area contributed by atoms with Gasteiger partial charge in [0.2, 0.25) is 23.6 Å². The van der Waals surface area contributed by atoms with E-state index in [1.807, 2.05) is 24.3 Å². The molecule has 0 radical (unpaired) electrons. The molecule has 0 aliphatic carbocycles. The number of benzene rings is 2. The predicted molar refractivity (Wildman–Crippen MR) is 143 cm³/mol. The van der Waals surface area contributed by atoms with Crippen LogP contribution >= 0.6 is 0 Å². The molecule has 12 heteroatoms. The van der Waals surface area contributed by atoms with Crippen LogP contribution in [0.5, 0.6) is 0 Å². The lowest BCUT2D eigenvalue weighted by molar-refractivity contribution is -0.142. The summed E-state index contributed by atoms with van der Waals surface area (Å²) in [6.07, 6.45) is 1.40. The molecular formula is C27H32N6O6. The smallest absolute Gasteiger partial charge is 0.326 e. The first kappa shape index (κ1) is 28.9. The van der Waals surface area contributed by atoms with Crippen LogP contribution in [0.4, 0.5) is 0 Å². The maximum atomic E-state index is 12.8. The summed E-state index contributed by atoms with van der Waals surface area (Å²) in [5.41, 5.74) is 13.7. The number of aromatic amines is 1. The molecule has 39 heavy (non-hydrogen) atoms. The Kier molecular flexibility index (Phi) is 9.76. The van der Waals surface area contributed by atoms with E-state index in [1.165, 1.54) is 6.92 Å². The summed E-state index contributed by atoms with van der Waals surface area (Å²) in [4.78, 5) is 64.7. The van der Waals surface area contributed by atoms with E-state index in [4.69, 9.17) is 11.5 Å². The van der Waals surface area contributed by atoms with Gasteiger partial charge in [0.1, 0.15) is 18.1 Å². The minimum atomic E-state index is -1.45. The van der Waals surface area contributed by atoms with Crippen molar-refractivity contribution in [3.8, 4) is 0 Å². The molecule has 0 saturated heterocycles. The Hall–Kier alpha value is -4.71. The Morgan fingerprint density at radius 3 is 2.15 bits per heavy atom. The zero-order chi connectivity index (χ0) is 28.5. The topological polar surface area (TPSA) is 209 Å². The highest BCUT2D eigenvalue weighted by molar-refractivity contribution is 5.96. The fourth-order valence-electron chi connectivity index (χ4n) is 4.05. The molecule has 1 aromatic heterocycles. The van der Waals surface area contributed by atoms with Crippen molar-refractivity contribution in [2.24, 2.45) is 11.5 Å². The van der Waals surface area contributed by atoms with Gasteiger partial charge < -0.3 is 37.5 Å². The van der Waals surface area contributed by atoms with E-state index in [0.717, 1.165) is 16.5 Å². The van der Waals surface area contributed by atoms with Crippen molar-refractivity contribution in [3.05, 3.63) is 71.9 Å². The fourth-order valence-corrected chi connectivity index (χ4v) is 4.05. The summed E-state index contributed by atoms with van der Waals surface area (Å²) in [7, 11) is 0. The number of carboxylic acids is 1. The third kappa shape index (κ3) is 8.14. The molecule has 2 aromatic carbocycles. The maximum absolute atomic E-state index is 12.8. The molecule has 4 unspecified atom stereocenters. The SMILES string of the molecule is CC(NC(=O)C(N)Cc1c[nH]c2ccccc12)C(=O)NC(CC(N)=O)C(=O)NC(Cc1ccccc1)C(=O)O. The molecule has 0 saturated carbocycles.